The second-order valence-corrected chi connectivity index (χ2v) is 7.07. The Morgan fingerprint density at radius 1 is 1.23 bits per heavy atom. The van der Waals surface area contributed by atoms with Gasteiger partial charge in [-0.05, 0) is 25.2 Å². The molecule has 1 aliphatic heterocycles. The molecular weight excluding hydrogens is 340 g/mol. The third-order valence-electron chi connectivity index (χ3n) is 4.44. The van der Waals surface area contributed by atoms with E-state index < -0.39 is 36.4 Å². The zero-order valence-corrected chi connectivity index (χ0v) is 16.0. The van der Waals surface area contributed by atoms with Crippen LogP contribution in [0.15, 0.2) is 12.2 Å². The number of ether oxygens (including phenoxy) is 1. The maximum Gasteiger partial charge on any atom is 0.252 e. The molecule has 26 heavy (non-hydrogen) atoms. The molecule has 1 rings (SSSR count). The van der Waals surface area contributed by atoms with E-state index in [9.17, 15) is 24.9 Å². The summed E-state index contributed by atoms with van der Waals surface area (Å²) in [4.78, 5) is 26.3. The van der Waals surface area contributed by atoms with Crippen LogP contribution in [-0.4, -0.2) is 83.2 Å². The highest BCUT2D eigenvalue weighted by molar-refractivity contribution is 5.89. The molecule has 0 bridgehead atoms. The van der Waals surface area contributed by atoms with Crippen LogP contribution in [0.4, 0.5) is 0 Å². The second-order valence-electron chi connectivity index (χ2n) is 7.07. The molecule has 0 spiro atoms. The molecule has 0 radical (unpaired) electrons. The summed E-state index contributed by atoms with van der Waals surface area (Å²) in [6, 6.07) is -0.692. The molecular formula is C18H32N2O6. The van der Waals surface area contributed by atoms with Gasteiger partial charge in [-0.25, -0.2) is 0 Å². The Morgan fingerprint density at radius 3 is 2.46 bits per heavy atom. The Morgan fingerprint density at radius 2 is 1.88 bits per heavy atom. The minimum Gasteiger partial charge on any atom is -0.387 e. The predicted octanol–water partition coefficient (Wildman–Crippen LogP) is -0.577. The first-order valence-corrected chi connectivity index (χ1v) is 8.99. The molecule has 1 fully saturated rings. The minimum atomic E-state index is -1.65. The highest BCUT2D eigenvalue weighted by Gasteiger charge is 2.37. The average molecular weight is 372 g/mol. The lowest BCUT2D eigenvalue weighted by atomic mass is 10.0. The van der Waals surface area contributed by atoms with E-state index in [0.717, 1.165) is 12.8 Å². The normalized spacial score (nSPS) is 23.6. The molecule has 5 atom stereocenters. The number of likely N-dealkylation sites (N-methyl/N-ethyl adjacent to an activating group) is 1. The number of aliphatic hydroxyl groups is 3. The Labute approximate surface area is 154 Å². The van der Waals surface area contributed by atoms with Crippen molar-refractivity contribution in [1.82, 2.24) is 10.2 Å². The number of nitrogens with one attached hydrogen (secondary N) is 1. The number of amides is 2. The van der Waals surface area contributed by atoms with Crippen LogP contribution in [0.2, 0.25) is 0 Å². The van der Waals surface area contributed by atoms with Crippen LogP contribution in [0.5, 0.6) is 0 Å². The first kappa shape index (κ1) is 22.6. The third-order valence-corrected chi connectivity index (χ3v) is 4.44. The number of methoxy groups -OCH3 is 1. The first-order chi connectivity index (χ1) is 12.2. The highest BCUT2D eigenvalue weighted by Crippen LogP contribution is 2.14. The van der Waals surface area contributed by atoms with Gasteiger partial charge < -0.3 is 30.3 Å². The van der Waals surface area contributed by atoms with Crippen LogP contribution in [0, 0.1) is 5.92 Å². The Kier molecular flexibility index (Phi) is 9.21. The number of hydrogen-bond donors (Lipinski definition) is 4. The summed E-state index contributed by atoms with van der Waals surface area (Å²) in [6.45, 7) is 4.44. The van der Waals surface area contributed by atoms with E-state index >= 15 is 0 Å². The van der Waals surface area contributed by atoms with Crippen LogP contribution >= 0.6 is 0 Å². The van der Waals surface area contributed by atoms with E-state index in [1.54, 1.807) is 18.0 Å². The van der Waals surface area contributed by atoms with Gasteiger partial charge in [0.2, 0.25) is 5.91 Å². The van der Waals surface area contributed by atoms with E-state index in [1.807, 2.05) is 13.8 Å². The molecule has 1 heterocycles. The Hall–Kier alpha value is -1.48. The van der Waals surface area contributed by atoms with E-state index in [1.165, 1.54) is 13.2 Å². The van der Waals surface area contributed by atoms with Crippen molar-refractivity contribution in [3.63, 3.8) is 0 Å². The van der Waals surface area contributed by atoms with E-state index in [0.29, 0.717) is 13.0 Å². The zero-order valence-electron chi connectivity index (χ0n) is 16.0. The van der Waals surface area contributed by atoms with Gasteiger partial charge in [0, 0.05) is 20.7 Å². The molecule has 0 aromatic carbocycles. The molecule has 8 nitrogen and oxygen atoms in total. The largest absolute Gasteiger partial charge is 0.387 e. The fourth-order valence-electron chi connectivity index (χ4n) is 2.82. The van der Waals surface area contributed by atoms with Crippen molar-refractivity contribution in [1.29, 1.82) is 0 Å². The number of carbonyl (C=O) groups is 2. The predicted molar refractivity (Wildman–Crippen MR) is 96.2 cm³/mol. The van der Waals surface area contributed by atoms with Gasteiger partial charge in [0.25, 0.3) is 5.91 Å². The Balaban J connectivity index is 2.76. The summed E-state index contributed by atoms with van der Waals surface area (Å²) in [5.74, 6) is -0.734. The fourth-order valence-corrected chi connectivity index (χ4v) is 2.82. The minimum absolute atomic E-state index is 0.161. The van der Waals surface area contributed by atoms with Gasteiger partial charge in [0.05, 0.1) is 0 Å². The molecule has 1 saturated heterocycles. The van der Waals surface area contributed by atoms with Crippen molar-refractivity contribution in [3.05, 3.63) is 12.2 Å². The van der Waals surface area contributed by atoms with E-state index in [2.05, 4.69) is 5.32 Å². The first-order valence-electron chi connectivity index (χ1n) is 8.99. The SMILES string of the molecule is CO[C@@H](C(=O)NC1CCCCN(C)C1=O)[C@H](O)[C@@H](O)[C@H](O)/C=C/C(C)C. The molecule has 2 amide bonds. The summed E-state index contributed by atoms with van der Waals surface area (Å²) < 4.78 is 5.02. The Bertz CT molecular complexity index is 496. The van der Waals surface area contributed by atoms with Gasteiger partial charge in [-0.15, -0.1) is 0 Å². The van der Waals surface area contributed by atoms with Gasteiger partial charge in [-0.2, -0.15) is 0 Å². The number of aliphatic hydroxyl groups excluding tert-OH is 3. The van der Waals surface area contributed by atoms with Gasteiger partial charge in [0.1, 0.15) is 24.4 Å². The summed E-state index contributed by atoms with van der Waals surface area (Å²) in [5, 5.41) is 32.9. The molecule has 150 valence electrons. The van der Waals surface area contributed by atoms with Gasteiger partial charge >= 0.3 is 0 Å². The van der Waals surface area contributed by atoms with Crippen molar-refractivity contribution in [2.45, 2.75) is 63.6 Å². The zero-order chi connectivity index (χ0) is 19.9. The van der Waals surface area contributed by atoms with Crippen LogP contribution < -0.4 is 5.32 Å². The summed E-state index contributed by atoms with van der Waals surface area (Å²) >= 11 is 0. The molecule has 1 aliphatic rings. The second kappa shape index (κ2) is 10.6. The topological polar surface area (TPSA) is 119 Å². The maximum absolute atomic E-state index is 12.5. The standard InChI is InChI=1S/C18H32N2O6/c1-11(2)8-9-13(21)14(22)15(23)16(26-4)17(24)19-12-7-5-6-10-20(3)18(12)25/h8-9,11-16,21-23H,5-7,10H2,1-4H3,(H,19,24)/b9-8+/t12?,13-,14+,15-,16-/m1/s1. The maximum atomic E-state index is 12.5. The van der Waals surface area contributed by atoms with Crippen LogP contribution in [0.1, 0.15) is 33.1 Å². The number of likely N-dealkylation sites (tertiary alicyclic amines) is 1. The summed E-state index contributed by atoms with van der Waals surface area (Å²) in [7, 11) is 2.90. The summed E-state index contributed by atoms with van der Waals surface area (Å²) in [5.41, 5.74) is 0. The van der Waals surface area contributed by atoms with Crippen LogP contribution in [0.25, 0.3) is 0 Å². The molecule has 0 aromatic heterocycles. The van der Waals surface area contributed by atoms with Crippen LogP contribution in [-0.2, 0) is 14.3 Å². The molecule has 1 unspecified atom stereocenters. The van der Waals surface area contributed by atoms with Gasteiger partial charge in [-0.1, -0.05) is 26.0 Å². The van der Waals surface area contributed by atoms with Crippen molar-refractivity contribution >= 4 is 11.8 Å². The number of nitrogens with zero attached hydrogens (tertiary/aromatic N) is 1. The molecule has 0 saturated carbocycles. The van der Waals surface area contributed by atoms with Gasteiger partial charge in [0.15, 0.2) is 6.10 Å². The monoisotopic (exact) mass is 372 g/mol. The lowest BCUT2D eigenvalue weighted by Crippen LogP contribution is -2.55. The number of hydrogen-bond acceptors (Lipinski definition) is 6. The highest BCUT2D eigenvalue weighted by atomic mass is 16.5. The molecule has 4 N–H and O–H groups in total. The van der Waals surface area contributed by atoms with Crippen LogP contribution in [0.3, 0.4) is 0 Å². The number of allylic oxidation sites excluding steroid dienone is 1. The smallest absolute Gasteiger partial charge is 0.252 e. The average Bonchev–Trinajstić information content (AvgIpc) is 2.75. The number of rotatable bonds is 8. The van der Waals surface area contributed by atoms with E-state index in [-0.39, 0.29) is 11.8 Å². The lowest BCUT2D eigenvalue weighted by molar-refractivity contribution is -0.151. The van der Waals surface area contributed by atoms with Crippen molar-refractivity contribution in [3.8, 4) is 0 Å². The van der Waals surface area contributed by atoms with Crippen molar-refractivity contribution in [2.24, 2.45) is 5.92 Å². The lowest BCUT2D eigenvalue weighted by Gasteiger charge is -2.28. The number of carbonyl (C=O) groups excluding carboxylic acids is 2. The third kappa shape index (κ3) is 6.35. The van der Waals surface area contributed by atoms with Crippen molar-refractivity contribution in [2.75, 3.05) is 20.7 Å². The van der Waals surface area contributed by atoms with E-state index in [4.69, 9.17) is 4.74 Å². The van der Waals surface area contributed by atoms with Crippen molar-refractivity contribution < 1.29 is 29.6 Å². The summed E-state index contributed by atoms with van der Waals surface area (Å²) in [6.07, 6.45) is -0.796. The molecule has 0 aliphatic carbocycles. The van der Waals surface area contributed by atoms with Gasteiger partial charge in [-0.3, -0.25) is 9.59 Å². The molecule has 8 heteroatoms. The fraction of sp³-hybridized carbons (Fsp3) is 0.778. The quantitative estimate of drug-likeness (QED) is 0.424. The molecule has 0 aromatic rings.